The highest BCUT2D eigenvalue weighted by Gasteiger charge is 2.71. The highest BCUT2D eigenvalue weighted by molar-refractivity contribution is 5.64. The first-order valence-electron chi connectivity index (χ1n) is 12.9. The molecule has 0 radical (unpaired) electrons. The van der Waals surface area contributed by atoms with Crippen LogP contribution in [-0.2, 0) is 28.2 Å². The third-order valence-electron chi connectivity index (χ3n) is 6.71. The van der Waals surface area contributed by atoms with Crippen molar-refractivity contribution in [3.05, 3.63) is 89.7 Å². The van der Waals surface area contributed by atoms with E-state index in [9.17, 15) is 36.2 Å². The Kier molecular flexibility index (Phi) is 11.5. The van der Waals surface area contributed by atoms with Crippen LogP contribution in [0.1, 0.15) is 16.7 Å². The first-order chi connectivity index (χ1) is 19.9. The van der Waals surface area contributed by atoms with Crippen LogP contribution in [0.3, 0.4) is 0 Å². The second kappa shape index (κ2) is 14.6. The lowest BCUT2D eigenvalue weighted by molar-refractivity contribution is -0.376. The van der Waals surface area contributed by atoms with Gasteiger partial charge in [-0.15, -0.1) is 0 Å². The highest BCUT2D eigenvalue weighted by atomic mass is 19.4. The van der Waals surface area contributed by atoms with Gasteiger partial charge in [0.25, 0.3) is 12.1 Å². The Morgan fingerprint density at radius 2 is 1.17 bits per heavy atom. The van der Waals surface area contributed by atoms with Crippen molar-refractivity contribution >= 4 is 6.47 Å². The zero-order valence-electron chi connectivity index (χ0n) is 22.5. The predicted molar refractivity (Wildman–Crippen MR) is 142 cm³/mol. The molecule has 1 fully saturated rings. The van der Waals surface area contributed by atoms with Crippen LogP contribution in [0.25, 0.3) is 11.1 Å². The summed E-state index contributed by atoms with van der Waals surface area (Å²) in [6, 6.07) is 15.0. The summed E-state index contributed by atoms with van der Waals surface area (Å²) in [5.41, 5.74) is -2.82. The molecule has 42 heavy (non-hydrogen) atoms. The minimum absolute atomic E-state index is 0.0985. The molecule has 0 amide bonds. The van der Waals surface area contributed by atoms with Crippen molar-refractivity contribution in [3.63, 3.8) is 0 Å². The number of carbonyl (C=O) groups is 1. The van der Waals surface area contributed by atoms with E-state index in [1.54, 1.807) is 24.5 Å². The van der Waals surface area contributed by atoms with Crippen LogP contribution in [0.2, 0.25) is 0 Å². The maximum absolute atomic E-state index is 13.1. The van der Waals surface area contributed by atoms with Gasteiger partial charge in [0.15, 0.2) is 0 Å². The van der Waals surface area contributed by atoms with Gasteiger partial charge in [-0.25, -0.2) is 0 Å². The monoisotopic (exact) mass is 599 g/mol. The quantitative estimate of drug-likeness (QED) is 0.212. The summed E-state index contributed by atoms with van der Waals surface area (Å²) < 4.78 is 82.6. The fourth-order valence-electron chi connectivity index (χ4n) is 4.41. The molecule has 1 aliphatic rings. The molecule has 1 aromatic heterocycles. The summed E-state index contributed by atoms with van der Waals surface area (Å²) in [6.07, 6.45) is -8.24. The molecule has 13 heteroatoms. The minimum atomic E-state index is -5.90. The third kappa shape index (κ3) is 8.51. The van der Waals surface area contributed by atoms with E-state index in [-0.39, 0.29) is 13.2 Å². The third-order valence-corrected chi connectivity index (χ3v) is 6.71. The van der Waals surface area contributed by atoms with Gasteiger partial charge in [-0.3, -0.25) is 19.6 Å². The number of hydrogen-bond acceptors (Lipinski definition) is 7. The van der Waals surface area contributed by atoms with E-state index in [0.29, 0.717) is 29.7 Å². The van der Waals surface area contributed by atoms with E-state index >= 15 is 0 Å². The van der Waals surface area contributed by atoms with E-state index in [1.807, 2.05) is 24.3 Å². The standard InChI is InChI=1S/C26H25F6N3O.C3H6O3/c27-25(28,29)24(36,26(30,31)32)23-7-5-22(6-8-23)21-3-1-19(2-4-21)17-34-13-15-35(16-14-34)18-20-9-11-33-12-10-20;4-1-2-6-3-5/h1-12,36H,13-18H2;3-4H,1-2H2. The molecule has 2 aromatic carbocycles. The zero-order chi connectivity index (χ0) is 30.8. The number of piperazine rings is 1. The van der Waals surface area contributed by atoms with Gasteiger partial charge in [-0.1, -0.05) is 48.5 Å². The van der Waals surface area contributed by atoms with Gasteiger partial charge < -0.3 is 14.9 Å². The molecule has 1 saturated heterocycles. The first kappa shape index (κ1) is 33.0. The van der Waals surface area contributed by atoms with Crippen molar-refractivity contribution in [1.82, 2.24) is 14.8 Å². The summed E-state index contributed by atoms with van der Waals surface area (Å²) in [7, 11) is 0. The number of hydrogen-bond donors (Lipinski definition) is 2. The van der Waals surface area contributed by atoms with Gasteiger partial charge in [-0.05, 0) is 34.4 Å². The number of ether oxygens (including phenoxy) is 1. The lowest BCUT2D eigenvalue weighted by Gasteiger charge is -2.34. The normalized spacial score (nSPS) is 15.0. The number of carbonyl (C=O) groups excluding carboxylic acids is 1. The summed E-state index contributed by atoms with van der Waals surface area (Å²) in [5, 5.41) is 17.5. The molecule has 0 spiro atoms. The lowest BCUT2D eigenvalue weighted by Crippen LogP contribution is -2.53. The number of nitrogens with zero attached hydrogens (tertiary/aromatic N) is 3. The van der Waals surface area contributed by atoms with Crippen LogP contribution in [0, 0.1) is 0 Å². The molecule has 1 aliphatic heterocycles. The number of aliphatic hydroxyl groups excluding tert-OH is 1. The molecule has 0 saturated carbocycles. The Bertz CT molecular complexity index is 1220. The van der Waals surface area contributed by atoms with E-state index < -0.39 is 23.5 Å². The van der Waals surface area contributed by atoms with Gasteiger partial charge >= 0.3 is 12.4 Å². The molecule has 3 aromatic rings. The number of halogens is 6. The fraction of sp³-hybridized carbons (Fsp3) is 0.379. The summed E-state index contributed by atoms with van der Waals surface area (Å²) in [4.78, 5) is 18.0. The first-order valence-corrected chi connectivity index (χ1v) is 12.9. The molecule has 0 bridgehead atoms. The van der Waals surface area contributed by atoms with Gasteiger partial charge in [0.1, 0.15) is 6.61 Å². The van der Waals surface area contributed by atoms with E-state index in [0.717, 1.165) is 57.0 Å². The number of aliphatic hydroxyl groups is 2. The van der Waals surface area contributed by atoms with Gasteiger partial charge in [0.05, 0.1) is 6.61 Å². The second-order valence-electron chi connectivity index (χ2n) is 9.58. The van der Waals surface area contributed by atoms with Crippen LogP contribution in [0.15, 0.2) is 73.1 Å². The van der Waals surface area contributed by atoms with Crippen LogP contribution in [-0.4, -0.2) is 83.2 Å². The average Bonchev–Trinajstić information content (AvgIpc) is 2.97. The maximum atomic E-state index is 13.1. The van der Waals surface area contributed by atoms with E-state index in [4.69, 9.17) is 5.11 Å². The molecule has 228 valence electrons. The number of aromatic nitrogens is 1. The molecule has 0 unspecified atom stereocenters. The highest BCUT2D eigenvalue weighted by Crippen LogP contribution is 2.50. The summed E-state index contributed by atoms with van der Waals surface area (Å²) in [6.45, 7) is 5.63. The van der Waals surface area contributed by atoms with Crippen molar-refractivity contribution < 1.29 is 46.1 Å². The van der Waals surface area contributed by atoms with Gasteiger partial charge in [0.2, 0.25) is 0 Å². The van der Waals surface area contributed by atoms with Crippen molar-refractivity contribution in [3.8, 4) is 11.1 Å². The van der Waals surface area contributed by atoms with Crippen molar-refractivity contribution in [1.29, 1.82) is 0 Å². The largest absolute Gasteiger partial charge is 0.465 e. The Hall–Kier alpha value is -3.52. The minimum Gasteiger partial charge on any atom is -0.465 e. The summed E-state index contributed by atoms with van der Waals surface area (Å²) >= 11 is 0. The Morgan fingerprint density at radius 3 is 1.55 bits per heavy atom. The predicted octanol–water partition coefficient (Wildman–Crippen LogP) is 4.53. The van der Waals surface area contributed by atoms with Crippen LogP contribution < -0.4 is 0 Å². The van der Waals surface area contributed by atoms with Crippen LogP contribution >= 0.6 is 0 Å². The van der Waals surface area contributed by atoms with Crippen LogP contribution in [0.5, 0.6) is 0 Å². The maximum Gasteiger partial charge on any atom is 0.430 e. The Morgan fingerprint density at radius 1 is 0.738 bits per heavy atom. The molecular weight excluding hydrogens is 568 g/mol. The molecule has 2 N–H and O–H groups in total. The average molecular weight is 600 g/mol. The topological polar surface area (TPSA) is 86.1 Å². The van der Waals surface area contributed by atoms with Crippen molar-refractivity contribution in [2.75, 3.05) is 39.4 Å². The van der Waals surface area contributed by atoms with Crippen LogP contribution in [0.4, 0.5) is 26.3 Å². The molecule has 7 nitrogen and oxygen atoms in total. The lowest BCUT2D eigenvalue weighted by atomic mass is 9.90. The van der Waals surface area contributed by atoms with Crippen molar-refractivity contribution in [2.24, 2.45) is 0 Å². The smallest absolute Gasteiger partial charge is 0.430 e. The molecule has 0 aliphatic carbocycles. The molecular formula is C29H31F6N3O4. The van der Waals surface area contributed by atoms with Crippen molar-refractivity contribution in [2.45, 2.75) is 31.0 Å². The number of pyridine rings is 1. The number of benzene rings is 2. The number of alkyl halides is 6. The van der Waals surface area contributed by atoms with Gasteiger partial charge in [-0.2, -0.15) is 26.3 Å². The fourth-order valence-corrected chi connectivity index (χ4v) is 4.41. The number of rotatable bonds is 9. The van der Waals surface area contributed by atoms with Gasteiger partial charge in [0, 0.05) is 57.2 Å². The Labute approximate surface area is 239 Å². The second-order valence-corrected chi connectivity index (χ2v) is 9.58. The summed E-state index contributed by atoms with van der Waals surface area (Å²) in [5.74, 6) is 0. The molecule has 2 heterocycles. The van der Waals surface area contributed by atoms with E-state index in [2.05, 4.69) is 19.5 Å². The molecule has 0 atom stereocenters. The molecule has 4 rings (SSSR count). The Balaban J connectivity index is 0.000000730. The van der Waals surface area contributed by atoms with E-state index in [1.165, 1.54) is 5.56 Å². The SMILES string of the molecule is O=COCCO.OC(c1ccc(-c2ccc(CN3CCN(Cc4ccncc4)CC3)cc2)cc1)(C(F)(F)F)C(F)(F)F. The zero-order valence-corrected chi connectivity index (χ0v) is 22.5.